The zero-order valence-electron chi connectivity index (χ0n) is 13.7. The minimum atomic E-state index is -0.685. The second kappa shape index (κ2) is 6.95. The molecule has 0 radical (unpaired) electrons. The molecule has 0 atom stereocenters. The standard InChI is InChI=1S/C16H22N2O5/c1-16(2,11-6-8-17-9-7-11)23-15(19)13-10-12(22-3)4-5-14(13)18(20)21/h4-5,10-11,17H,6-9H2,1-3H3/p+1. The van der Waals surface area contributed by atoms with Gasteiger partial charge in [0.15, 0.2) is 0 Å². The predicted octanol–water partition coefficient (Wildman–Crippen LogP) is 1.51. The number of methoxy groups -OCH3 is 1. The van der Waals surface area contributed by atoms with E-state index < -0.39 is 16.5 Å². The molecule has 0 amide bonds. The van der Waals surface area contributed by atoms with Gasteiger partial charge >= 0.3 is 5.97 Å². The molecule has 1 aliphatic rings. The molecule has 1 aromatic carbocycles. The Morgan fingerprint density at radius 1 is 1.35 bits per heavy atom. The summed E-state index contributed by atoms with van der Waals surface area (Å²) in [5.41, 5.74) is -1.02. The number of nitrogens with zero attached hydrogens (tertiary/aromatic N) is 1. The van der Waals surface area contributed by atoms with Crippen molar-refractivity contribution in [3.8, 4) is 5.75 Å². The zero-order valence-corrected chi connectivity index (χ0v) is 13.7. The van der Waals surface area contributed by atoms with E-state index >= 15 is 0 Å². The summed E-state index contributed by atoms with van der Waals surface area (Å²) in [5, 5.41) is 13.4. The molecular weight excluding hydrogens is 300 g/mol. The van der Waals surface area contributed by atoms with E-state index in [1.165, 1.54) is 25.3 Å². The maximum Gasteiger partial charge on any atom is 0.345 e. The maximum atomic E-state index is 12.5. The van der Waals surface area contributed by atoms with Crippen LogP contribution in [0.1, 0.15) is 37.0 Å². The summed E-state index contributed by atoms with van der Waals surface area (Å²) in [6.45, 7) is 5.75. The largest absolute Gasteiger partial charge is 0.497 e. The molecule has 0 aromatic heterocycles. The van der Waals surface area contributed by atoms with Crippen LogP contribution >= 0.6 is 0 Å². The van der Waals surface area contributed by atoms with Gasteiger partial charge in [-0.2, -0.15) is 0 Å². The van der Waals surface area contributed by atoms with Crippen LogP contribution in [0.25, 0.3) is 0 Å². The zero-order chi connectivity index (χ0) is 17.0. The molecule has 126 valence electrons. The van der Waals surface area contributed by atoms with E-state index in [4.69, 9.17) is 9.47 Å². The first-order valence-corrected chi connectivity index (χ1v) is 7.72. The fourth-order valence-electron chi connectivity index (χ4n) is 2.96. The number of rotatable bonds is 5. The molecule has 2 rings (SSSR count). The third kappa shape index (κ3) is 3.98. The van der Waals surface area contributed by atoms with Gasteiger partial charge in [0.2, 0.25) is 0 Å². The van der Waals surface area contributed by atoms with Gasteiger partial charge in [-0.1, -0.05) is 0 Å². The fourth-order valence-corrected chi connectivity index (χ4v) is 2.96. The first kappa shape index (κ1) is 17.2. The van der Waals surface area contributed by atoms with Crippen molar-refractivity contribution in [2.45, 2.75) is 32.3 Å². The molecule has 23 heavy (non-hydrogen) atoms. The van der Waals surface area contributed by atoms with Crippen LogP contribution in [-0.2, 0) is 4.74 Å². The van der Waals surface area contributed by atoms with Gasteiger partial charge in [0.05, 0.1) is 25.1 Å². The number of piperidine rings is 1. The molecule has 0 saturated carbocycles. The van der Waals surface area contributed by atoms with Crippen LogP contribution in [0, 0.1) is 16.0 Å². The first-order valence-electron chi connectivity index (χ1n) is 7.72. The van der Waals surface area contributed by atoms with Gasteiger partial charge in [-0.15, -0.1) is 0 Å². The summed E-state index contributed by atoms with van der Waals surface area (Å²) in [7, 11) is 1.44. The maximum absolute atomic E-state index is 12.5. The molecule has 7 nitrogen and oxygen atoms in total. The van der Waals surface area contributed by atoms with Crippen LogP contribution in [0.5, 0.6) is 5.75 Å². The minimum Gasteiger partial charge on any atom is -0.497 e. The Bertz CT molecular complexity index is 594. The van der Waals surface area contributed by atoms with E-state index in [0.29, 0.717) is 5.75 Å². The van der Waals surface area contributed by atoms with Crippen molar-refractivity contribution in [2.24, 2.45) is 5.92 Å². The van der Waals surface area contributed by atoms with Crippen LogP contribution in [0.2, 0.25) is 0 Å². The fraction of sp³-hybridized carbons (Fsp3) is 0.562. The molecule has 0 aliphatic carbocycles. The smallest absolute Gasteiger partial charge is 0.345 e. The van der Waals surface area contributed by atoms with Gasteiger partial charge in [-0.3, -0.25) is 10.1 Å². The number of nitro groups is 1. The van der Waals surface area contributed by atoms with E-state index in [-0.39, 0.29) is 17.2 Å². The molecule has 1 saturated heterocycles. The van der Waals surface area contributed by atoms with Crippen molar-refractivity contribution in [3.63, 3.8) is 0 Å². The second-order valence-electron chi connectivity index (χ2n) is 6.27. The normalized spacial score (nSPS) is 16.0. The minimum absolute atomic E-state index is 0.0789. The molecule has 7 heteroatoms. The molecule has 0 unspecified atom stereocenters. The van der Waals surface area contributed by atoms with Crippen LogP contribution < -0.4 is 10.1 Å². The van der Waals surface area contributed by atoms with Crippen LogP contribution in [0.4, 0.5) is 5.69 Å². The number of carbonyl (C=O) groups excluding carboxylic acids is 1. The van der Waals surface area contributed by atoms with Crippen molar-refractivity contribution in [3.05, 3.63) is 33.9 Å². The number of nitrogens with two attached hydrogens (primary N) is 1. The van der Waals surface area contributed by atoms with Gasteiger partial charge < -0.3 is 14.8 Å². The highest BCUT2D eigenvalue weighted by Gasteiger charge is 2.37. The highest BCUT2D eigenvalue weighted by molar-refractivity contribution is 5.94. The quantitative estimate of drug-likeness (QED) is 0.503. The summed E-state index contributed by atoms with van der Waals surface area (Å²) in [6, 6.07) is 4.07. The lowest BCUT2D eigenvalue weighted by Crippen LogP contribution is -2.86. The number of ether oxygens (including phenoxy) is 2. The monoisotopic (exact) mass is 323 g/mol. The summed E-state index contributed by atoms with van der Waals surface area (Å²) in [5.74, 6) is -0.0520. The summed E-state index contributed by atoms with van der Waals surface area (Å²) in [6.07, 6.45) is 1.92. The molecule has 0 bridgehead atoms. The van der Waals surface area contributed by atoms with E-state index in [0.717, 1.165) is 25.9 Å². The van der Waals surface area contributed by atoms with Crippen molar-refractivity contribution in [1.82, 2.24) is 0 Å². The predicted molar refractivity (Wildman–Crippen MR) is 83.5 cm³/mol. The Morgan fingerprint density at radius 3 is 2.57 bits per heavy atom. The van der Waals surface area contributed by atoms with E-state index in [2.05, 4.69) is 5.32 Å². The molecule has 1 aromatic rings. The Kier molecular flexibility index (Phi) is 5.20. The van der Waals surface area contributed by atoms with Crippen molar-refractivity contribution in [1.29, 1.82) is 0 Å². The van der Waals surface area contributed by atoms with E-state index in [1.54, 1.807) is 0 Å². The molecule has 1 heterocycles. The van der Waals surface area contributed by atoms with Gasteiger partial charge in [-0.05, 0) is 19.9 Å². The lowest BCUT2D eigenvalue weighted by molar-refractivity contribution is -0.665. The number of hydrogen-bond donors (Lipinski definition) is 1. The van der Waals surface area contributed by atoms with Crippen LogP contribution in [0.15, 0.2) is 18.2 Å². The third-order valence-corrected chi connectivity index (χ3v) is 4.40. The number of esters is 1. The number of nitro benzene ring substituents is 1. The van der Waals surface area contributed by atoms with Crippen molar-refractivity contribution >= 4 is 11.7 Å². The summed E-state index contributed by atoms with van der Waals surface area (Å²) < 4.78 is 10.7. The molecule has 1 aliphatic heterocycles. The highest BCUT2D eigenvalue weighted by Crippen LogP contribution is 2.31. The molecule has 1 fully saturated rings. The van der Waals surface area contributed by atoms with Gasteiger partial charge in [0.1, 0.15) is 16.9 Å². The Morgan fingerprint density at radius 2 is 2.00 bits per heavy atom. The lowest BCUT2D eigenvalue weighted by atomic mass is 9.83. The number of benzene rings is 1. The SMILES string of the molecule is COc1ccc([N+](=O)[O-])c(C(=O)OC(C)(C)C2CC[NH2+]CC2)c1. The van der Waals surface area contributed by atoms with Crippen LogP contribution in [-0.4, -0.2) is 36.7 Å². The summed E-state index contributed by atoms with van der Waals surface area (Å²) >= 11 is 0. The van der Waals surface area contributed by atoms with Gasteiger partial charge in [0.25, 0.3) is 5.69 Å². The molecule has 0 spiro atoms. The van der Waals surface area contributed by atoms with E-state index in [1.807, 2.05) is 13.8 Å². The Labute approximate surface area is 135 Å². The van der Waals surface area contributed by atoms with Crippen molar-refractivity contribution < 1.29 is 24.5 Å². The number of quaternary nitrogens is 1. The first-order chi connectivity index (χ1) is 10.8. The lowest BCUT2D eigenvalue weighted by Gasteiger charge is -2.35. The highest BCUT2D eigenvalue weighted by atomic mass is 16.6. The van der Waals surface area contributed by atoms with Gasteiger partial charge in [0, 0.05) is 30.9 Å². The Hall–Kier alpha value is -2.15. The summed E-state index contributed by atoms with van der Waals surface area (Å²) in [4.78, 5) is 23.1. The second-order valence-corrected chi connectivity index (χ2v) is 6.27. The topological polar surface area (TPSA) is 95.3 Å². The number of carbonyl (C=O) groups is 1. The van der Waals surface area contributed by atoms with Crippen LogP contribution in [0.3, 0.4) is 0 Å². The average molecular weight is 323 g/mol. The van der Waals surface area contributed by atoms with Gasteiger partial charge in [-0.25, -0.2) is 4.79 Å². The Balaban J connectivity index is 2.23. The average Bonchev–Trinajstić information content (AvgIpc) is 2.54. The molecule has 2 N–H and O–H groups in total. The number of hydrogen-bond acceptors (Lipinski definition) is 5. The third-order valence-electron chi connectivity index (χ3n) is 4.40. The molecular formula is C16H23N2O5+. The van der Waals surface area contributed by atoms with E-state index in [9.17, 15) is 14.9 Å². The van der Waals surface area contributed by atoms with Crippen molar-refractivity contribution in [2.75, 3.05) is 20.2 Å².